The van der Waals surface area contributed by atoms with Gasteiger partial charge in [0.25, 0.3) is 5.56 Å². The van der Waals surface area contributed by atoms with Gasteiger partial charge in [0.1, 0.15) is 11.5 Å². The van der Waals surface area contributed by atoms with Gasteiger partial charge < -0.3 is 14.4 Å². The molecule has 4 nitrogen and oxygen atoms in total. The van der Waals surface area contributed by atoms with E-state index in [0.717, 1.165) is 5.56 Å². The molecule has 2 aromatic carbocycles. The smallest absolute Gasteiger partial charge is 0.262 e. The van der Waals surface area contributed by atoms with Crippen LogP contribution in [0.1, 0.15) is 5.56 Å². The zero-order valence-electron chi connectivity index (χ0n) is 11.6. The van der Waals surface area contributed by atoms with Crippen molar-refractivity contribution in [1.29, 1.82) is 0 Å². The van der Waals surface area contributed by atoms with Crippen molar-refractivity contribution in [3.63, 3.8) is 0 Å². The van der Waals surface area contributed by atoms with Crippen molar-refractivity contribution in [2.45, 2.75) is 6.54 Å². The highest BCUT2D eigenvalue weighted by Gasteiger charge is 2.10. The van der Waals surface area contributed by atoms with E-state index >= 15 is 0 Å². The van der Waals surface area contributed by atoms with Crippen molar-refractivity contribution in [3.8, 4) is 11.5 Å². The first-order valence-corrected chi connectivity index (χ1v) is 6.63. The number of phenols is 1. The van der Waals surface area contributed by atoms with E-state index in [2.05, 4.69) is 0 Å². The fourth-order valence-electron chi connectivity index (χ4n) is 2.39. The lowest BCUT2D eigenvalue weighted by molar-refractivity contribution is 0.409. The molecule has 0 unspecified atom stereocenters. The van der Waals surface area contributed by atoms with Gasteiger partial charge in [-0.15, -0.1) is 0 Å². The molecule has 4 heteroatoms. The van der Waals surface area contributed by atoms with Crippen LogP contribution >= 0.6 is 0 Å². The molecule has 1 heterocycles. The van der Waals surface area contributed by atoms with Gasteiger partial charge in [-0.2, -0.15) is 0 Å². The average molecular weight is 281 g/mol. The second kappa shape index (κ2) is 5.32. The minimum Gasteiger partial charge on any atom is -0.507 e. The third-order valence-electron chi connectivity index (χ3n) is 3.46. The van der Waals surface area contributed by atoms with Crippen molar-refractivity contribution in [1.82, 2.24) is 4.57 Å². The zero-order valence-corrected chi connectivity index (χ0v) is 11.6. The number of aromatic hydroxyl groups is 1. The summed E-state index contributed by atoms with van der Waals surface area (Å²) in [7, 11) is 1.53. The van der Waals surface area contributed by atoms with E-state index in [1.807, 2.05) is 36.4 Å². The van der Waals surface area contributed by atoms with Crippen molar-refractivity contribution in [2.24, 2.45) is 0 Å². The number of hydrogen-bond donors (Lipinski definition) is 1. The Labute approximate surface area is 121 Å². The number of phenolic OH excluding ortho intramolecular Hbond substituents is 1. The van der Waals surface area contributed by atoms with Crippen LogP contribution in [-0.2, 0) is 6.54 Å². The number of hydrogen-bond acceptors (Lipinski definition) is 3. The molecule has 0 radical (unpaired) electrons. The zero-order chi connectivity index (χ0) is 14.8. The van der Waals surface area contributed by atoms with Gasteiger partial charge >= 0.3 is 0 Å². The van der Waals surface area contributed by atoms with E-state index in [4.69, 9.17) is 4.74 Å². The third kappa shape index (κ3) is 2.48. The van der Waals surface area contributed by atoms with E-state index in [1.54, 1.807) is 16.8 Å². The number of aromatic nitrogens is 1. The number of methoxy groups -OCH3 is 1. The molecule has 0 fully saturated rings. The van der Waals surface area contributed by atoms with E-state index in [9.17, 15) is 9.90 Å². The van der Waals surface area contributed by atoms with Crippen LogP contribution in [0.25, 0.3) is 10.8 Å². The van der Waals surface area contributed by atoms with Crippen LogP contribution in [0, 0.1) is 0 Å². The van der Waals surface area contributed by atoms with Crippen LogP contribution in [0.4, 0.5) is 0 Å². The van der Waals surface area contributed by atoms with Gasteiger partial charge in [0.2, 0.25) is 0 Å². The Bertz CT molecular complexity index is 838. The van der Waals surface area contributed by atoms with E-state index in [-0.39, 0.29) is 11.3 Å². The van der Waals surface area contributed by atoms with Gasteiger partial charge in [-0.1, -0.05) is 30.3 Å². The molecule has 3 aromatic rings. The topological polar surface area (TPSA) is 51.5 Å². The molecule has 0 amide bonds. The molecular formula is C17H15NO3. The summed E-state index contributed by atoms with van der Waals surface area (Å²) in [5.41, 5.74) is 0.823. The number of fused-ring (bicyclic) bond motifs is 1. The van der Waals surface area contributed by atoms with Crippen molar-refractivity contribution in [2.75, 3.05) is 7.11 Å². The first-order chi connectivity index (χ1) is 10.2. The van der Waals surface area contributed by atoms with Crippen molar-refractivity contribution >= 4 is 10.8 Å². The first kappa shape index (κ1) is 13.2. The van der Waals surface area contributed by atoms with Gasteiger partial charge in [-0.3, -0.25) is 4.79 Å². The molecule has 0 saturated carbocycles. The Balaban J connectivity index is 2.12. The maximum atomic E-state index is 12.5. The average Bonchev–Trinajstić information content (AvgIpc) is 2.50. The summed E-state index contributed by atoms with van der Waals surface area (Å²) in [6, 6.07) is 14.7. The summed E-state index contributed by atoms with van der Waals surface area (Å²) in [4.78, 5) is 12.5. The summed E-state index contributed by atoms with van der Waals surface area (Å²) in [6.45, 7) is 0.473. The van der Waals surface area contributed by atoms with E-state index in [1.165, 1.54) is 13.2 Å². The standard InChI is InChI=1S/C17H15NO3/c1-21-14-9-13-7-8-18(11-12-5-3-2-4-6-12)17(20)16(13)15(19)10-14/h2-10,19H,11H2,1H3. The molecule has 106 valence electrons. The minimum atomic E-state index is -0.212. The molecule has 0 aliphatic carbocycles. The lowest BCUT2D eigenvalue weighted by Crippen LogP contribution is -2.20. The quantitative estimate of drug-likeness (QED) is 0.803. The monoisotopic (exact) mass is 281 g/mol. The molecule has 0 spiro atoms. The number of rotatable bonds is 3. The van der Waals surface area contributed by atoms with Crippen LogP contribution in [0.5, 0.6) is 11.5 Å². The minimum absolute atomic E-state index is 0.0586. The lowest BCUT2D eigenvalue weighted by atomic mass is 10.1. The van der Waals surface area contributed by atoms with Gasteiger partial charge in [0, 0.05) is 12.3 Å². The molecule has 0 aliphatic rings. The summed E-state index contributed by atoms with van der Waals surface area (Å²) >= 11 is 0. The Morgan fingerprint density at radius 2 is 1.90 bits per heavy atom. The number of benzene rings is 2. The predicted octanol–water partition coefficient (Wildman–Crippen LogP) is 2.76. The molecule has 0 aliphatic heterocycles. The number of ether oxygens (including phenoxy) is 1. The summed E-state index contributed by atoms with van der Waals surface area (Å²) in [6.07, 6.45) is 1.73. The second-order valence-electron chi connectivity index (χ2n) is 4.85. The fraction of sp³-hybridized carbons (Fsp3) is 0.118. The van der Waals surface area contributed by atoms with Crippen LogP contribution in [-0.4, -0.2) is 16.8 Å². The summed E-state index contributed by atoms with van der Waals surface area (Å²) in [5, 5.41) is 11.0. The summed E-state index contributed by atoms with van der Waals surface area (Å²) < 4.78 is 6.69. The van der Waals surface area contributed by atoms with Crippen LogP contribution in [0.2, 0.25) is 0 Å². The van der Waals surface area contributed by atoms with E-state index < -0.39 is 0 Å². The normalized spacial score (nSPS) is 10.7. The number of nitrogens with zero attached hydrogens (tertiary/aromatic N) is 1. The molecule has 0 atom stereocenters. The van der Waals surface area contributed by atoms with Crippen LogP contribution in [0.15, 0.2) is 59.5 Å². The molecule has 21 heavy (non-hydrogen) atoms. The Morgan fingerprint density at radius 1 is 1.14 bits per heavy atom. The fourth-order valence-corrected chi connectivity index (χ4v) is 2.39. The van der Waals surface area contributed by atoms with E-state index in [0.29, 0.717) is 23.1 Å². The maximum absolute atomic E-state index is 12.5. The van der Waals surface area contributed by atoms with Gasteiger partial charge in [-0.25, -0.2) is 0 Å². The van der Waals surface area contributed by atoms with Crippen LogP contribution < -0.4 is 10.3 Å². The molecule has 1 N–H and O–H groups in total. The predicted molar refractivity (Wildman–Crippen MR) is 82.0 cm³/mol. The first-order valence-electron chi connectivity index (χ1n) is 6.63. The third-order valence-corrected chi connectivity index (χ3v) is 3.46. The number of pyridine rings is 1. The Hall–Kier alpha value is -2.75. The van der Waals surface area contributed by atoms with Gasteiger partial charge in [-0.05, 0) is 23.1 Å². The summed E-state index contributed by atoms with van der Waals surface area (Å²) in [5.74, 6) is 0.469. The lowest BCUT2D eigenvalue weighted by Gasteiger charge is -2.09. The second-order valence-corrected chi connectivity index (χ2v) is 4.85. The van der Waals surface area contributed by atoms with Gasteiger partial charge in [0.05, 0.1) is 19.0 Å². The van der Waals surface area contributed by atoms with Crippen LogP contribution in [0.3, 0.4) is 0 Å². The Morgan fingerprint density at radius 3 is 2.62 bits per heavy atom. The highest BCUT2D eigenvalue weighted by molar-refractivity contribution is 5.88. The highest BCUT2D eigenvalue weighted by Crippen LogP contribution is 2.27. The molecule has 0 bridgehead atoms. The molecule has 1 aromatic heterocycles. The van der Waals surface area contributed by atoms with Gasteiger partial charge in [0.15, 0.2) is 0 Å². The highest BCUT2D eigenvalue weighted by atomic mass is 16.5. The molecule has 3 rings (SSSR count). The molecular weight excluding hydrogens is 266 g/mol. The largest absolute Gasteiger partial charge is 0.507 e. The van der Waals surface area contributed by atoms with Crippen molar-refractivity contribution < 1.29 is 9.84 Å². The SMILES string of the molecule is COc1cc(O)c2c(=O)n(Cc3ccccc3)ccc2c1. The maximum Gasteiger partial charge on any atom is 0.262 e. The molecule has 0 saturated heterocycles. The van der Waals surface area contributed by atoms with Crippen molar-refractivity contribution in [3.05, 3.63) is 70.6 Å². The Kier molecular flexibility index (Phi) is 3.36.